The molecule has 14 heavy (non-hydrogen) atoms. The molecule has 0 aliphatic carbocycles. The number of hydrogen-bond donors (Lipinski definition) is 1. The van der Waals surface area contributed by atoms with Crippen LogP contribution in [0.1, 0.15) is 6.42 Å². The van der Waals surface area contributed by atoms with Gasteiger partial charge in [-0.15, -0.1) is 0 Å². The molecule has 0 saturated carbocycles. The topological polar surface area (TPSA) is 15.3 Å². The minimum Gasteiger partial charge on any atom is -0.309 e. The van der Waals surface area contributed by atoms with Gasteiger partial charge in [-0.25, -0.2) is 0 Å². The van der Waals surface area contributed by atoms with Gasteiger partial charge in [-0.05, 0) is 27.1 Å². The largest absolute Gasteiger partial charge is 0.469 e. The summed E-state index contributed by atoms with van der Waals surface area (Å²) in [6.45, 7) is 0.0889. The van der Waals surface area contributed by atoms with Crippen molar-refractivity contribution in [1.82, 2.24) is 10.2 Å². The molecule has 0 radical (unpaired) electrons. The van der Waals surface area contributed by atoms with Crippen molar-refractivity contribution in [1.29, 1.82) is 0 Å². The highest BCUT2D eigenvalue weighted by Crippen LogP contribution is 2.32. The van der Waals surface area contributed by atoms with Gasteiger partial charge < -0.3 is 4.90 Å². The number of nitrogens with one attached hydrogen (secondary N) is 1. The van der Waals surface area contributed by atoms with Gasteiger partial charge in [0, 0.05) is 6.54 Å². The van der Waals surface area contributed by atoms with Crippen LogP contribution in [0, 0.1) is 0 Å². The highest BCUT2D eigenvalue weighted by molar-refractivity contribution is 4.72. The van der Waals surface area contributed by atoms with Crippen molar-refractivity contribution < 1.29 is 22.0 Å². The van der Waals surface area contributed by atoms with E-state index >= 15 is 0 Å². The highest BCUT2D eigenvalue weighted by atomic mass is 19.4. The number of hydrogen-bond acceptors (Lipinski definition) is 2. The van der Waals surface area contributed by atoms with Crippen molar-refractivity contribution in [2.45, 2.75) is 18.6 Å². The molecule has 0 aromatic heterocycles. The van der Waals surface area contributed by atoms with E-state index in [9.17, 15) is 22.0 Å². The normalized spacial score (nSPS) is 13.7. The zero-order valence-corrected chi connectivity index (χ0v) is 7.96. The lowest BCUT2D eigenvalue weighted by Crippen LogP contribution is -2.50. The third-order valence-corrected chi connectivity index (χ3v) is 1.49. The molecule has 0 aliphatic heterocycles. The summed E-state index contributed by atoms with van der Waals surface area (Å²) in [4.78, 5) is 1.70. The van der Waals surface area contributed by atoms with E-state index in [1.807, 2.05) is 0 Å². The van der Waals surface area contributed by atoms with Crippen LogP contribution in [0.15, 0.2) is 0 Å². The zero-order valence-electron chi connectivity index (χ0n) is 7.96. The van der Waals surface area contributed by atoms with Crippen LogP contribution in [0.5, 0.6) is 0 Å². The molecule has 0 aliphatic rings. The summed E-state index contributed by atoms with van der Waals surface area (Å²) in [7, 11) is 3.42. The minimum absolute atomic E-state index is 0.235. The van der Waals surface area contributed by atoms with Crippen molar-refractivity contribution in [2.24, 2.45) is 0 Å². The molecular weight excluding hydrogens is 207 g/mol. The van der Waals surface area contributed by atoms with E-state index in [4.69, 9.17) is 0 Å². The summed E-state index contributed by atoms with van der Waals surface area (Å²) >= 11 is 0. The molecule has 0 heterocycles. The first kappa shape index (κ1) is 13.6. The maximum atomic E-state index is 12.2. The van der Waals surface area contributed by atoms with Gasteiger partial charge in [0.05, 0.1) is 0 Å². The van der Waals surface area contributed by atoms with E-state index in [1.54, 1.807) is 19.0 Å². The summed E-state index contributed by atoms with van der Waals surface area (Å²) in [5.74, 6) is 0. The molecule has 7 heteroatoms. The first-order valence-electron chi connectivity index (χ1n) is 4.01. The van der Waals surface area contributed by atoms with E-state index in [1.165, 1.54) is 5.32 Å². The van der Waals surface area contributed by atoms with Gasteiger partial charge in [0.2, 0.25) is 0 Å². The molecule has 0 rings (SSSR count). The molecule has 2 nitrogen and oxygen atoms in total. The number of rotatable bonds is 5. The molecular formula is C7H13F5N2. The second-order valence-corrected chi connectivity index (χ2v) is 3.16. The Labute approximate surface area is 79.1 Å². The standard InChI is InChI=1S/C7H13F5N2/c1-14(2)5-3-4-13-7(11,12)6(8,9)10/h13H,3-5H2,1-2H3. The van der Waals surface area contributed by atoms with E-state index in [0.29, 0.717) is 6.54 Å². The Morgan fingerprint density at radius 3 is 1.93 bits per heavy atom. The van der Waals surface area contributed by atoms with E-state index < -0.39 is 12.2 Å². The van der Waals surface area contributed by atoms with Crippen LogP contribution in [-0.4, -0.2) is 44.3 Å². The quantitative estimate of drug-likeness (QED) is 0.431. The summed E-state index contributed by atoms with van der Waals surface area (Å²) in [6.07, 6.45) is -5.29. The molecule has 1 N–H and O–H groups in total. The van der Waals surface area contributed by atoms with Crippen LogP contribution in [0.2, 0.25) is 0 Å². The predicted octanol–water partition coefficient (Wildman–Crippen LogP) is 1.68. The fraction of sp³-hybridized carbons (Fsp3) is 1.00. The third-order valence-electron chi connectivity index (χ3n) is 1.49. The Morgan fingerprint density at radius 2 is 1.57 bits per heavy atom. The maximum Gasteiger partial charge on any atom is 0.469 e. The summed E-state index contributed by atoms with van der Waals surface area (Å²) < 4.78 is 59.2. The van der Waals surface area contributed by atoms with Crippen molar-refractivity contribution in [3.05, 3.63) is 0 Å². The lowest BCUT2D eigenvalue weighted by atomic mass is 10.4. The monoisotopic (exact) mass is 220 g/mol. The maximum absolute atomic E-state index is 12.2. The molecule has 0 amide bonds. The molecule has 0 aromatic rings. The van der Waals surface area contributed by atoms with Gasteiger partial charge in [0.1, 0.15) is 0 Å². The molecule has 0 fully saturated rings. The Bertz CT molecular complexity index is 166. The molecule has 0 atom stereocenters. The molecule has 86 valence electrons. The van der Waals surface area contributed by atoms with Crippen molar-refractivity contribution >= 4 is 0 Å². The van der Waals surface area contributed by atoms with Crippen LogP contribution in [0.3, 0.4) is 0 Å². The average Bonchev–Trinajstić information content (AvgIpc) is 1.95. The first-order chi connectivity index (χ1) is 6.17. The lowest BCUT2D eigenvalue weighted by molar-refractivity contribution is -0.295. The third kappa shape index (κ3) is 4.71. The predicted molar refractivity (Wildman–Crippen MR) is 42.2 cm³/mol. The second kappa shape index (κ2) is 4.88. The van der Waals surface area contributed by atoms with Crippen molar-refractivity contribution in [3.63, 3.8) is 0 Å². The van der Waals surface area contributed by atoms with E-state index in [2.05, 4.69) is 0 Å². The number of alkyl halides is 5. The Hall–Kier alpha value is -0.430. The van der Waals surface area contributed by atoms with E-state index in [-0.39, 0.29) is 13.0 Å². The molecule has 0 unspecified atom stereocenters. The Balaban J connectivity index is 3.78. The smallest absolute Gasteiger partial charge is 0.309 e. The summed E-state index contributed by atoms with van der Waals surface area (Å²) in [5, 5.41) is 1.17. The fourth-order valence-electron chi connectivity index (χ4n) is 0.741. The summed E-state index contributed by atoms with van der Waals surface area (Å²) in [5.41, 5.74) is 0. The second-order valence-electron chi connectivity index (χ2n) is 3.16. The fourth-order valence-corrected chi connectivity index (χ4v) is 0.741. The number of nitrogens with zero attached hydrogens (tertiary/aromatic N) is 1. The molecule has 0 bridgehead atoms. The number of halogens is 5. The Morgan fingerprint density at radius 1 is 1.07 bits per heavy atom. The Kier molecular flexibility index (Phi) is 4.73. The van der Waals surface area contributed by atoms with Crippen LogP contribution in [0.25, 0.3) is 0 Å². The van der Waals surface area contributed by atoms with Gasteiger partial charge in [0.25, 0.3) is 0 Å². The summed E-state index contributed by atoms with van der Waals surface area (Å²) in [6, 6.07) is -4.79. The van der Waals surface area contributed by atoms with Gasteiger partial charge >= 0.3 is 12.2 Å². The van der Waals surface area contributed by atoms with Crippen LogP contribution >= 0.6 is 0 Å². The van der Waals surface area contributed by atoms with Gasteiger partial charge in [-0.1, -0.05) is 0 Å². The van der Waals surface area contributed by atoms with Crippen LogP contribution in [0.4, 0.5) is 22.0 Å². The van der Waals surface area contributed by atoms with Crippen molar-refractivity contribution in [2.75, 3.05) is 27.2 Å². The average molecular weight is 220 g/mol. The van der Waals surface area contributed by atoms with Gasteiger partial charge in [0.15, 0.2) is 0 Å². The minimum atomic E-state index is -5.52. The van der Waals surface area contributed by atoms with Crippen LogP contribution in [-0.2, 0) is 0 Å². The molecule has 0 spiro atoms. The lowest BCUT2D eigenvalue weighted by Gasteiger charge is -2.20. The van der Waals surface area contributed by atoms with E-state index in [0.717, 1.165) is 0 Å². The van der Waals surface area contributed by atoms with Gasteiger partial charge in [-0.2, -0.15) is 22.0 Å². The molecule has 0 aromatic carbocycles. The van der Waals surface area contributed by atoms with Crippen molar-refractivity contribution in [3.8, 4) is 0 Å². The van der Waals surface area contributed by atoms with Crippen LogP contribution < -0.4 is 5.32 Å². The molecule has 0 saturated heterocycles. The highest BCUT2D eigenvalue weighted by Gasteiger charge is 2.57. The SMILES string of the molecule is CN(C)CCCNC(F)(F)C(F)(F)F. The first-order valence-corrected chi connectivity index (χ1v) is 4.01. The zero-order chi connectivity index (χ0) is 11.4. The van der Waals surface area contributed by atoms with Gasteiger partial charge in [-0.3, -0.25) is 5.32 Å².